The maximum atomic E-state index is 2.45. The first-order valence-electron chi connectivity index (χ1n) is 21.1. The van der Waals surface area contributed by atoms with Crippen LogP contribution in [0.5, 0.6) is 0 Å². The van der Waals surface area contributed by atoms with Crippen LogP contribution < -0.4 is 4.90 Å². The van der Waals surface area contributed by atoms with Crippen molar-refractivity contribution in [2.75, 3.05) is 4.90 Å². The Balaban J connectivity index is 1.04. The highest BCUT2D eigenvalue weighted by molar-refractivity contribution is 6.10. The zero-order valence-electron chi connectivity index (χ0n) is 33.5. The highest BCUT2D eigenvalue weighted by Crippen LogP contribution is 2.57. The first kappa shape index (κ1) is 35.0. The number of anilines is 3. The van der Waals surface area contributed by atoms with Gasteiger partial charge in [-0.2, -0.15) is 0 Å². The van der Waals surface area contributed by atoms with Crippen LogP contribution in [-0.2, 0) is 5.41 Å². The van der Waals surface area contributed by atoms with Gasteiger partial charge in [-0.25, -0.2) is 0 Å². The molecule has 61 heavy (non-hydrogen) atoms. The van der Waals surface area contributed by atoms with E-state index >= 15 is 0 Å². The fourth-order valence-corrected chi connectivity index (χ4v) is 10.1. The molecular formula is C59H40N2. The molecule has 0 fully saturated rings. The standard InChI is InChI=1S/C59H40N2/c1-4-18-45(19-5-1)59(46-20-6-2-7-21-46)55-26-14-12-24-51(55)52-37-35-50(40-56(52)59)60(49-34-30-41-16-10-11-17-43(41)38-49)48-32-28-42(29-33-48)44-31-36-54-53-25-13-15-27-57(53)61(58(54)39-44)47-22-8-3-9-23-47/h1-40H. The molecule has 1 aromatic heterocycles. The molecule has 0 amide bonds. The molecule has 0 atom stereocenters. The summed E-state index contributed by atoms with van der Waals surface area (Å²) in [7, 11) is 0. The van der Waals surface area contributed by atoms with Crippen LogP contribution in [0, 0.1) is 0 Å². The summed E-state index contributed by atoms with van der Waals surface area (Å²) in [6.07, 6.45) is 0. The van der Waals surface area contributed by atoms with Gasteiger partial charge in [0.05, 0.1) is 16.4 Å². The number of para-hydroxylation sites is 2. The molecule has 10 aromatic carbocycles. The van der Waals surface area contributed by atoms with Crippen molar-refractivity contribution in [1.29, 1.82) is 0 Å². The van der Waals surface area contributed by atoms with Crippen LogP contribution in [0.2, 0.25) is 0 Å². The number of fused-ring (bicyclic) bond motifs is 7. The summed E-state index contributed by atoms with van der Waals surface area (Å²) in [4.78, 5) is 2.43. The van der Waals surface area contributed by atoms with Crippen molar-refractivity contribution in [2.45, 2.75) is 5.41 Å². The van der Waals surface area contributed by atoms with Gasteiger partial charge >= 0.3 is 0 Å². The lowest BCUT2D eigenvalue weighted by Gasteiger charge is -2.35. The fourth-order valence-electron chi connectivity index (χ4n) is 10.1. The second-order valence-electron chi connectivity index (χ2n) is 16.1. The quantitative estimate of drug-likeness (QED) is 0.156. The molecule has 0 saturated carbocycles. The molecule has 0 N–H and O–H groups in total. The number of hydrogen-bond acceptors (Lipinski definition) is 1. The van der Waals surface area contributed by atoms with Gasteiger partial charge in [-0.3, -0.25) is 0 Å². The number of nitrogens with zero attached hydrogens (tertiary/aromatic N) is 2. The molecule has 1 aliphatic carbocycles. The van der Waals surface area contributed by atoms with Crippen molar-refractivity contribution in [3.05, 3.63) is 265 Å². The van der Waals surface area contributed by atoms with Crippen LogP contribution in [0.25, 0.3) is 60.5 Å². The molecule has 1 heterocycles. The maximum Gasteiger partial charge on any atom is 0.0714 e. The molecule has 0 aliphatic heterocycles. The van der Waals surface area contributed by atoms with Crippen molar-refractivity contribution in [2.24, 2.45) is 0 Å². The minimum absolute atomic E-state index is 0.496. The highest BCUT2D eigenvalue weighted by Gasteiger charge is 2.46. The van der Waals surface area contributed by atoms with E-state index in [9.17, 15) is 0 Å². The zero-order chi connectivity index (χ0) is 40.3. The van der Waals surface area contributed by atoms with Gasteiger partial charge in [0.15, 0.2) is 0 Å². The van der Waals surface area contributed by atoms with E-state index in [4.69, 9.17) is 0 Å². The first-order valence-corrected chi connectivity index (χ1v) is 21.1. The number of rotatable bonds is 7. The molecular weight excluding hydrogens is 737 g/mol. The molecule has 0 unspecified atom stereocenters. The molecule has 2 heteroatoms. The second kappa shape index (κ2) is 14.1. The molecule has 0 radical (unpaired) electrons. The Morgan fingerprint density at radius 2 is 0.885 bits per heavy atom. The van der Waals surface area contributed by atoms with Gasteiger partial charge in [0, 0.05) is 33.5 Å². The molecule has 2 nitrogen and oxygen atoms in total. The molecule has 12 rings (SSSR count). The van der Waals surface area contributed by atoms with Crippen LogP contribution in [0.4, 0.5) is 17.1 Å². The van der Waals surface area contributed by atoms with Crippen molar-refractivity contribution in [1.82, 2.24) is 4.57 Å². The number of hydrogen-bond donors (Lipinski definition) is 0. The maximum absolute atomic E-state index is 2.45. The predicted octanol–water partition coefficient (Wildman–Crippen LogP) is 15.4. The van der Waals surface area contributed by atoms with E-state index in [-0.39, 0.29) is 0 Å². The third-order valence-electron chi connectivity index (χ3n) is 12.8. The topological polar surface area (TPSA) is 8.17 Å². The largest absolute Gasteiger partial charge is 0.310 e. The predicted molar refractivity (Wildman–Crippen MR) is 256 cm³/mol. The number of aromatic nitrogens is 1. The Morgan fingerprint density at radius 1 is 0.328 bits per heavy atom. The average molecular weight is 777 g/mol. The lowest BCUT2D eigenvalue weighted by molar-refractivity contribution is 0.768. The Bertz CT molecular complexity index is 3360. The van der Waals surface area contributed by atoms with Gasteiger partial charge in [-0.05, 0) is 116 Å². The summed E-state index contributed by atoms with van der Waals surface area (Å²) >= 11 is 0. The average Bonchev–Trinajstić information content (AvgIpc) is 3.83. The van der Waals surface area contributed by atoms with E-state index in [1.165, 1.54) is 77.1 Å². The van der Waals surface area contributed by atoms with Gasteiger partial charge in [0.1, 0.15) is 0 Å². The van der Waals surface area contributed by atoms with E-state index in [0.29, 0.717) is 0 Å². The Morgan fingerprint density at radius 3 is 1.66 bits per heavy atom. The minimum atomic E-state index is -0.496. The third-order valence-corrected chi connectivity index (χ3v) is 12.8. The third kappa shape index (κ3) is 5.50. The smallest absolute Gasteiger partial charge is 0.0714 e. The van der Waals surface area contributed by atoms with Crippen LogP contribution in [0.15, 0.2) is 243 Å². The van der Waals surface area contributed by atoms with E-state index < -0.39 is 5.41 Å². The van der Waals surface area contributed by atoms with Gasteiger partial charge in [-0.15, -0.1) is 0 Å². The second-order valence-corrected chi connectivity index (χ2v) is 16.1. The summed E-state index contributed by atoms with van der Waals surface area (Å²) in [6, 6.07) is 89.1. The fraction of sp³-hybridized carbons (Fsp3) is 0.0169. The monoisotopic (exact) mass is 776 g/mol. The van der Waals surface area contributed by atoms with Gasteiger partial charge < -0.3 is 9.47 Å². The zero-order valence-corrected chi connectivity index (χ0v) is 33.5. The van der Waals surface area contributed by atoms with Crippen LogP contribution >= 0.6 is 0 Å². The Hall–Kier alpha value is -7.94. The highest BCUT2D eigenvalue weighted by atomic mass is 15.1. The Kier molecular flexibility index (Phi) is 8.11. The summed E-state index contributed by atoms with van der Waals surface area (Å²) in [6.45, 7) is 0. The lowest BCUT2D eigenvalue weighted by Crippen LogP contribution is -2.28. The summed E-state index contributed by atoms with van der Waals surface area (Å²) in [5.74, 6) is 0. The molecule has 1 aliphatic rings. The van der Waals surface area contributed by atoms with Gasteiger partial charge in [0.25, 0.3) is 0 Å². The minimum Gasteiger partial charge on any atom is -0.310 e. The molecule has 0 spiro atoms. The van der Waals surface area contributed by atoms with E-state index in [0.717, 1.165) is 22.7 Å². The van der Waals surface area contributed by atoms with Crippen LogP contribution in [-0.4, -0.2) is 4.57 Å². The normalized spacial score (nSPS) is 12.7. The summed E-state index contributed by atoms with van der Waals surface area (Å²) < 4.78 is 2.39. The first-order chi connectivity index (χ1) is 30.3. The molecule has 0 saturated heterocycles. The Labute approximate surface area is 355 Å². The van der Waals surface area contributed by atoms with Crippen LogP contribution in [0.3, 0.4) is 0 Å². The summed E-state index contributed by atoms with van der Waals surface area (Å²) in [5.41, 5.74) is 16.4. The van der Waals surface area contributed by atoms with Crippen molar-refractivity contribution in [3.63, 3.8) is 0 Å². The molecule has 0 bridgehead atoms. The van der Waals surface area contributed by atoms with E-state index in [2.05, 4.69) is 252 Å². The number of benzene rings is 10. The van der Waals surface area contributed by atoms with Crippen molar-refractivity contribution in [3.8, 4) is 27.9 Å². The SMILES string of the molecule is c1ccc(-n2c3ccccc3c3ccc(-c4ccc(N(c5ccc6c(c5)C(c5ccccc5)(c5ccccc5)c5ccccc5-6)c5ccc6ccccc6c5)cc4)cc32)cc1. The van der Waals surface area contributed by atoms with Gasteiger partial charge in [-0.1, -0.05) is 182 Å². The van der Waals surface area contributed by atoms with Crippen LogP contribution in [0.1, 0.15) is 22.3 Å². The van der Waals surface area contributed by atoms with E-state index in [1.54, 1.807) is 0 Å². The van der Waals surface area contributed by atoms with E-state index in [1.807, 2.05) is 0 Å². The molecule has 286 valence electrons. The van der Waals surface area contributed by atoms with Crippen molar-refractivity contribution < 1.29 is 0 Å². The summed E-state index contributed by atoms with van der Waals surface area (Å²) in [5, 5.41) is 4.94. The lowest BCUT2D eigenvalue weighted by atomic mass is 9.67. The van der Waals surface area contributed by atoms with Gasteiger partial charge in [0.2, 0.25) is 0 Å². The molecule has 11 aromatic rings. The van der Waals surface area contributed by atoms with Crippen molar-refractivity contribution >= 4 is 49.6 Å².